The smallest absolute Gasteiger partial charge is 0.334 e. The number of carboxylic acid groups (broad SMARTS) is 1. The molecule has 0 aliphatic carbocycles. The molecule has 1 atom stereocenters. The fourth-order valence-electron chi connectivity index (χ4n) is 1.80. The zero-order valence-electron chi connectivity index (χ0n) is 10.5. The quantitative estimate of drug-likeness (QED) is 0.829. The average Bonchev–Trinajstić information content (AvgIpc) is 2.82. The number of methoxy groups -OCH3 is 1. The van der Waals surface area contributed by atoms with Crippen molar-refractivity contribution in [2.24, 2.45) is 0 Å². The molecule has 2 N–H and O–H groups in total. The van der Waals surface area contributed by atoms with E-state index < -0.39 is 12.1 Å². The first-order valence-corrected chi connectivity index (χ1v) is 6.66. The number of carbonyl (C=O) groups excluding carboxylic acids is 1. The standard InChI is InChI=1S/C12H15NO5S/c1-17-8(12(15)16)5-13-11(14)10-4-7-6-18-3-2-9(7)19-10/h4,8H,2-3,5-6H2,1H3,(H,13,14)(H,15,16). The van der Waals surface area contributed by atoms with Crippen LogP contribution < -0.4 is 5.32 Å². The minimum Gasteiger partial charge on any atom is -0.479 e. The topological polar surface area (TPSA) is 84.9 Å². The van der Waals surface area contributed by atoms with Crippen LogP contribution in [0, 0.1) is 0 Å². The van der Waals surface area contributed by atoms with Crippen LogP contribution in [0.1, 0.15) is 20.1 Å². The van der Waals surface area contributed by atoms with Gasteiger partial charge in [-0.1, -0.05) is 0 Å². The van der Waals surface area contributed by atoms with Crippen molar-refractivity contribution in [3.05, 3.63) is 21.4 Å². The van der Waals surface area contributed by atoms with Crippen LogP contribution in [-0.2, 0) is 27.3 Å². The summed E-state index contributed by atoms with van der Waals surface area (Å²) < 4.78 is 10.1. The monoisotopic (exact) mass is 285 g/mol. The molecule has 1 amide bonds. The molecule has 1 aromatic heterocycles. The molecule has 19 heavy (non-hydrogen) atoms. The third-order valence-corrected chi connectivity index (χ3v) is 4.10. The van der Waals surface area contributed by atoms with Gasteiger partial charge >= 0.3 is 5.97 Å². The molecule has 0 saturated heterocycles. The number of carbonyl (C=O) groups is 2. The van der Waals surface area contributed by atoms with E-state index in [1.165, 1.54) is 18.4 Å². The first kappa shape index (κ1) is 14.0. The molecule has 1 aliphatic rings. The third kappa shape index (κ3) is 3.31. The number of fused-ring (bicyclic) bond motifs is 1. The maximum Gasteiger partial charge on any atom is 0.334 e. The van der Waals surface area contributed by atoms with Gasteiger partial charge in [0.2, 0.25) is 0 Å². The number of hydrogen-bond donors (Lipinski definition) is 2. The predicted molar refractivity (Wildman–Crippen MR) is 68.4 cm³/mol. The Labute approximate surface area is 114 Å². The van der Waals surface area contributed by atoms with Gasteiger partial charge in [-0.05, 0) is 11.6 Å². The van der Waals surface area contributed by atoms with Crippen molar-refractivity contribution in [3.8, 4) is 0 Å². The molecule has 1 aliphatic heterocycles. The number of aliphatic carboxylic acids is 1. The number of rotatable bonds is 5. The molecule has 0 bridgehead atoms. The van der Waals surface area contributed by atoms with Crippen molar-refractivity contribution < 1.29 is 24.2 Å². The van der Waals surface area contributed by atoms with E-state index in [4.69, 9.17) is 14.6 Å². The van der Waals surface area contributed by atoms with E-state index in [1.54, 1.807) is 6.07 Å². The summed E-state index contributed by atoms with van der Waals surface area (Å²) in [5.74, 6) is -1.37. The second-order valence-electron chi connectivity index (χ2n) is 4.13. The zero-order valence-corrected chi connectivity index (χ0v) is 11.3. The summed E-state index contributed by atoms with van der Waals surface area (Å²) >= 11 is 1.43. The van der Waals surface area contributed by atoms with Gasteiger partial charge < -0.3 is 19.9 Å². The Morgan fingerprint density at radius 3 is 3.05 bits per heavy atom. The summed E-state index contributed by atoms with van der Waals surface area (Å²) in [4.78, 5) is 24.4. The van der Waals surface area contributed by atoms with Crippen molar-refractivity contribution >= 4 is 23.2 Å². The van der Waals surface area contributed by atoms with Gasteiger partial charge in [0.05, 0.1) is 24.6 Å². The summed E-state index contributed by atoms with van der Waals surface area (Å²) in [5.41, 5.74) is 1.04. The average molecular weight is 285 g/mol. The van der Waals surface area contributed by atoms with Gasteiger partial charge in [0.15, 0.2) is 6.10 Å². The molecule has 2 heterocycles. The van der Waals surface area contributed by atoms with Gasteiger partial charge in [0, 0.05) is 18.4 Å². The zero-order chi connectivity index (χ0) is 13.8. The van der Waals surface area contributed by atoms with Crippen molar-refractivity contribution in [3.63, 3.8) is 0 Å². The lowest BCUT2D eigenvalue weighted by molar-refractivity contribution is -0.147. The van der Waals surface area contributed by atoms with E-state index in [0.29, 0.717) is 18.1 Å². The minimum absolute atomic E-state index is 0.0519. The molecule has 1 unspecified atom stereocenters. The maximum atomic E-state index is 11.9. The normalized spacial score (nSPS) is 15.6. The highest BCUT2D eigenvalue weighted by atomic mass is 32.1. The first-order valence-electron chi connectivity index (χ1n) is 5.85. The highest BCUT2D eigenvalue weighted by Crippen LogP contribution is 2.26. The molecular formula is C12H15NO5S. The van der Waals surface area contributed by atoms with Crippen LogP contribution in [0.5, 0.6) is 0 Å². The highest BCUT2D eigenvalue weighted by molar-refractivity contribution is 7.14. The Morgan fingerprint density at radius 1 is 1.63 bits per heavy atom. The lowest BCUT2D eigenvalue weighted by atomic mass is 10.2. The molecule has 6 nitrogen and oxygen atoms in total. The van der Waals surface area contributed by atoms with Gasteiger partial charge in [0.1, 0.15) is 0 Å². The molecule has 7 heteroatoms. The Hall–Kier alpha value is -1.44. The number of carboxylic acids is 1. The van der Waals surface area contributed by atoms with E-state index >= 15 is 0 Å². The van der Waals surface area contributed by atoms with Gasteiger partial charge in [0.25, 0.3) is 5.91 Å². The Balaban J connectivity index is 1.96. The lowest BCUT2D eigenvalue weighted by Gasteiger charge is -2.10. The summed E-state index contributed by atoms with van der Waals surface area (Å²) in [6.45, 7) is 1.16. The van der Waals surface area contributed by atoms with Crippen LogP contribution >= 0.6 is 11.3 Å². The van der Waals surface area contributed by atoms with Crippen molar-refractivity contribution in [2.45, 2.75) is 19.1 Å². The third-order valence-electron chi connectivity index (χ3n) is 2.86. The summed E-state index contributed by atoms with van der Waals surface area (Å²) in [5, 5.41) is 11.4. The molecule has 1 aromatic rings. The molecule has 0 spiro atoms. The number of ether oxygens (including phenoxy) is 2. The molecule has 0 aromatic carbocycles. The number of nitrogens with one attached hydrogen (secondary N) is 1. The maximum absolute atomic E-state index is 11.9. The summed E-state index contributed by atoms with van der Waals surface area (Å²) in [6, 6.07) is 1.80. The second kappa shape index (κ2) is 6.14. The Bertz CT molecular complexity index is 461. The van der Waals surface area contributed by atoms with Gasteiger partial charge in [-0.15, -0.1) is 11.3 Å². The molecule has 0 radical (unpaired) electrons. The minimum atomic E-state index is -1.10. The van der Waals surface area contributed by atoms with Crippen molar-refractivity contribution in [2.75, 3.05) is 20.3 Å². The fourth-order valence-corrected chi connectivity index (χ4v) is 2.87. The van der Waals surface area contributed by atoms with Gasteiger partial charge in [-0.2, -0.15) is 0 Å². The van der Waals surface area contributed by atoms with Crippen LogP contribution in [0.15, 0.2) is 6.07 Å². The largest absolute Gasteiger partial charge is 0.479 e. The van der Waals surface area contributed by atoms with Crippen LogP contribution in [-0.4, -0.2) is 43.3 Å². The number of hydrogen-bond acceptors (Lipinski definition) is 5. The predicted octanol–water partition coefficient (Wildman–Crippen LogP) is 0.650. The molecular weight excluding hydrogens is 270 g/mol. The van der Waals surface area contributed by atoms with E-state index in [9.17, 15) is 9.59 Å². The fraction of sp³-hybridized carbons (Fsp3) is 0.500. The van der Waals surface area contributed by atoms with Crippen molar-refractivity contribution in [1.29, 1.82) is 0 Å². The molecule has 0 fully saturated rings. The number of thiophene rings is 1. The van der Waals surface area contributed by atoms with Crippen LogP contribution in [0.25, 0.3) is 0 Å². The lowest BCUT2D eigenvalue weighted by Crippen LogP contribution is -2.37. The van der Waals surface area contributed by atoms with Crippen LogP contribution in [0.4, 0.5) is 0 Å². The van der Waals surface area contributed by atoms with Crippen LogP contribution in [0.2, 0.25) is 0 Å². The SMILES string of the molecule is COC(CNC(=O)c1cc2c(s1)CCOC2)C(=O)O. The van der Waals surface area contributed by atoms with Gasteiger partial charge in [-0.3, -0.25) is 4.79 Å². The van der Waals surface area contributed by atoms with E-state index in [1.807, 2.05) is 0 Å². The van der Waals surface area contributed by atoms with E-state index in [2.05, 4.69) is 5.32 Å². The summed E-state index contributed by atoms with van der Waals surface area (Å²) in [6.07, 6.45) is -0.204. The van der Waals surface area contributed by atoms with Crippen molar-refractivity contribution in [1.82, 2.24) is 5.32 Å². The number of amides is 1. The molecule has 104 valence electrons. The summed E-state index contributed by atoms with van der Waals surface area (Å²) in [7, 11) is 1.30. The van der Waals surface area contributed by atoms with E-state index in [-0.39, 0.29) is 12.5 Å². The highest BCUT2D eigenvalue weighted by Gasteiger charge is 2.20. The Morgan fingerprint density at radius 2 is 2.42 bits per heavy atom. The van der Waals surface area contributed by atoms with Gasteiger partial charge in [-0.25, -0.2) is 4.79 Å². The molecule has 2 rings (SSSR count). The Kier molecular flexibility index (Phi) is 4.52. The first-order chi connectivity index (χ1) is 9.11. The molecule has 0 saturated carbocycles. The van der Waals surface area contributed by atoms with Crippen LogP contribution in [0.3, 0.4) is 0 Å². The second-order valence-corrected chi connectivity index (χ2v) is 5.27. The van der Waals surface area contributed by atoms with E-state index in [0.717, 1.165) is 16.9 Å².